The predicted molar refractivity (Wildman–Crippen MR) is 75.8 cm³/mol. The smallest absolute Gasteiger partial charge is 0.283 e. The molecule has 6 heteroatoms. The Bertz CT molecular complexity index is 519. The lowest BCUT2D eigenvalue weighted by atomic mass is 9.93. The van der Waals surface area contributed by atoms with Crippen molar-refractivity contribution in [1.82, 2.24) is 15.1 Å². The molecule has 0 unspecified atom stereocenters. The second kappa shape index (κ2) is 6.19. The number of furan rings is 1. The molecule has 0 saturated heterocycles. The summed E-state index contributed by atoms with van der Waals surface area (Å²) in [6.45, 7) is 9.46. The lowest BCUT2D eigenvalue weighted by Gasteiger charge is -2.29. The van der Waals surface area contributed by atoms with Crippen molar-refractivity contribution in [3.8, 4) is 11.7 Å². The van der Waals surface area contributed by atoms with Gasteiger partial charge < -0.3 is 14.6 Å². The van der Waals surface area contributed by atoms with Crippen molar-refractivity contribution in [3.63, 3.8) is 0 Å². The van der Waals surface area contributed by atoms with Crippen LogP contribution in [0.2, 0.25) is 0 Å². The van der Waals surface area contributed by atoms with Gasteiger partial charge in [0.2, 0.25) is 5.89 Å². The summed E-state index contributed by atoms with van der Waals surface area (Å²) in [6, 6.07) is 3.59. The first kappa shape index (κ1) is 14.7. The van der Waals surface area contributed by atoms with Crippen LogP contribution in [-0.2, 0) is 6.54 Å². The van der Waals surface area contributed by atoms with E-state index in [9.17, 15) is 0 Å². The van der Waals surface area contributed by atoms with E-state index >= 15 is 0 Å². The minimum atomic E-state index is 0.0693. The third-order valence-corrected chi connectivity index (χ3v) is 3.21. The van der Waals surface area contributed by atoms with Crippen LogP contribution in [0.1, 0.15) is 26.7 Å². The predicted octanol–water partition coefficient (Wildman–Crippen LogP) is 2.14. The zero-order chi connectivity index (χ0) is 14.6. The molecule has 2 N–H and O–H groups in total. The fourth-order valence-corrected chi connectivity index (χ4v) is 1.96. The molecule has 2 heterocycles. The maximum Gasteiger partial charge on any atom is 0.283 e. The van der Waals surface area contributed by atoms with E-state index in [1.54, 1.807) is 18.4 Å². The van der Waals surface area contributed by atoms with Crippen LogP contribution in [0.15, 0.2) is 27.2 Å². The SMILES string of the molecule is CCN(Cc1nnc(-c2ccco2)o1)CC(C)(C)CN. The number of nitrogens with two attached hydrogens (primary N) is 1. The molecule has 0 radical (unpaired) electrons. The van der Waals surface area contributed by atoms with Gasteiger partial charge in [0.05, 0.1) is 12.8 Å². The van der Waals surface area contributed by atoms with Crippen LogP contribution in [0.3, 0.4) is 0 Å². The molecule has 0 saturated carbocycles. The maximum absolute atomic E-state index is 5.78. The highest BCUT2D eigenvalue weighted by atomic mass is 16.4. The number of aromatic nitrogens is 2. The molecule has 110 valence electrons. The van der Waals surface area contributed by atoms with Gasteiger partial charge in [-0.3, -0.25) is 4.90 Å². The van der Waals surface area contributed by atoms with Crippen LogP contribution in [0, 0.1) is 5.41 Å². The molecule has 0 fully saturated rings. The monoisotopic (exact) mass is 278 g/mol. The molecule has 20 heavy (non-hydrogen) atoms. The molecule has 6 nitrogen and oxygen atoms in total. The van der Waals surface area contributed by atoms with Gasteiger partial charge in [0.15, 0.2) is 5.76 Å². The Hall–Kier alpha value is -1.66. The van der Waals surface area contributed by atoms with Crippen LogP contribution in [0.25, 0.3) is 11.7 Å². The van der Waals surface area contributed by atoms with E-state index in [2.05, 4.69) is 35.9 Å². The van der Waals surface area contributed by atoms with E-state index in [4.69, 9.17) is 14.6 Å². The van der Waals surface area contributed by atoms with Gasteiger partial charge in [-0.2, -0.15) is 0 Å². The van der Waals surface area contributed by atoms with Crippen LogP contribution >= 0.6 is 0 Å². The van der Waals surface area contributed by atoms with Crippen LogP contribution in [0.4, 0.5) is 0 Å². The number of rotatable bonds is 7. The van der Waals surface area contributed by atoms with Crippen molar-refractivity contribution in [1.29, 1.82) is 0 Å². The Balaban J connectivity index is 2.01. The first-order chi connectivity index (χ1) is 9.54. The van der Waals surface area contributed by atoms with Gasteiger partial charge in [0.25, 0.3) is 5.89 Å². The van der Waals surface area contributed by atoms with Gasteiger partial charge in [-0.05, 0) is 30.6 Å². The summed E-state index contributed by atoms with van der Waals surface area (Å²) in [5.41, 5.74) is 5.85. The van der Waals surface area contributed by atoms with Crippen molar-refractivity contribution in [3.05, 3.63) is 24.3 Å². The summed E-state index contributed by atoms with van der Waals surface area (Å²) in [6.07, 6.45) is 1.58. The Morgan fingerprint density at radius 3 is 2.75 bits per heavy atom. The highest BCUT2D eigenvalue weighted by molar-refractivity contribution is 5.42. The molecule has 0 bridgehead atoms. The summed E-state index contributed by atoms with van der Waals surface area (Å²) in [4.78, 5) is 2.24. The molecule has 2 aromatic heterocycles. The van der Waals surface area contributed by atoms with Gasteiger partial charge in [0, 0.05) is 6.54 Å². The zero-order valence-electron chi connectivity index (χ0n) is 12.3. The van der Waals surface area contributed by atoms with Crippen molar-refractivity contribution in [2.24, 2.45) is 11.1 Å². The summed E-state index contributed by atoms with van der Waals surface area (Å²) in [5.74, 6) is 1.60. The van der Waals surface area contributed by atoms with Gasteiger partial charge in [0.1, 0.15) is 0 Å². The summed E-state index contributed by atoms with van der Waals surface area (Å²) in [5, 5.41) is 8.07. The number of hydrogen-bond donors (Lipinski definition) is 1. The molecule has 0 spiro atoms. The van der Waals surface area contributed by atoms with Crippen molar-refractivity contribution < 1.29 is 8.83 Å². The van der Waals surface area contributed by atoms with E-state index in [-0.39, 0.29) is 5.41 Å². The minimum Gasteiger partial charge on any atom is -0.459 e. The van der Waals surface area contributed by atoms with Gasteiger partial charge in [-0.25, -0.2) is 0 Å². The molecule has 0 aromatic carbocycles. The molecule has 0 aliphatic heterocycles. The van der Waals surface area contributed by atoms with E-state index in [1.165, 1.54) is 0 Å². The average molecular weight is 278 g/mol. The molecule has 2 aromatic rings. The third kappa shape index (κ3) is 3.68. The molecule has 0 aliphatic carbocycles. The summed E-state index contributed by atoms with van der Waals surface area (Å²) in [7, 11) is 0. The normalized spacial score (nSPS) is 12.2. The van der Waals surface area contributed by atoms with E-state index in [1.807, 2.05) is 0 Å². The number of nitrogens with zero attached hydrogens (tertiary/aromatic N) is 3. The van der Waals surface area contributed by atoms with Gasteiger partial charge >= 0.3 is 0 Å². The summed E-state index contributed by atoms with van der Waals surface area (Å²) < 4.78 is 10.9. The van der Waals surface area contributed by atoms with Crippen LogP contribution in [0.5, 0.6) is 0 Å². The zero-order valence-corrected chi connectivity index (χ0v) is 12.3. The van der Waals surface area contributed by atoms with E-state index in [0.717, 1.165) is 13.1 Å². The Labute approximate surface area is 119 Å². The number of hydrogen-bond acceptors (Lipinski definition) is 6. The summed E-state index contributed by atoms with van der Waals surface area (Å²) >= 11 is 0. The maximum atomic E-state index is 5.78. The molecule has 0 aliphatic rings. The Kier molecular flexibility index (Phi) is 4.57. The second-order valence-corrected chi connectivity index (χ2v) is 5.65. The standard InChI is InChI=1S/C14H22N4O2/c1-4-18(10-14(2,3)9-15)8-12-16-17-13(20-12)11-6-5-7-19-11/h5-7H,4,8-10,15H2,1-3H3. The lowest BCUT2D eigenvalue weighted by molar-refractivity contribution is 0.170. The Morgan fingerprint density at radius 1 is 1.35 bits per heavy atom. The highest BCUT2D eigenvalue weighted by Gasteiger charge is 2.21. The largest absolute Gasteiger partial charge is 0.459 e. The molecule has 0 amide bonds. The molecular formula is C14H22N4O2. The first-order valence-corrected chi connectivity index (χ1v) is 6.83. The quantitative estimate of drug-likeness (QED) is 0.835. The first-order valence-electron chi connectivity index (χ1n) is 6.83. The molecule has 2 rings (SSSR count). The van der Waals surface area contributed by atoms with Crippen molar-refractivity contribution in [2.75, 3.05) is 19.6 Å². The third-order valence-electron chi connectivity index (χ3n) is 3.21. The lowest BCUT2D eigenvalue weighted by Crippen LogP contribution is -2.38. The van der Waals surface area contributed by atoms with Gasteiger partial charge in [-0.1, -0.05) is 20.8 Å². The second-order valence-electron chi connectivity index (χ2n) is 5.65. The Morgan fingerprint density at radius 2 is 2.15 bits per heavy atom. The van der Waals surface area contributed by atoms with Crippen molar-refractivity contribution in [2.45, 2.75) is 27.3 Å². The minimum absolute atomic E-state index is 0.0693. The van der Waals surface area contributed by atoms with E-state index < -0.39 is 0 Å². The highest BCUT2D eigenvalue weighted by Crippen LogP contribution is 2.20. The topological polar surface area (TPSA) is 81.3 Å². The van der Waals surface area contributed by atoms with Crippen LogP contribution in [-0.4, -0.2) is 34.7 Å². The molecule has 0 atom stereocenters. The fourth-order valence-electron chi connectivity index (χ4n) is 1.96. The van der Waals surface area contributed by atoms with Crippen LogP contribution < -0.4 is 5.73 Å². The fraction of sp³-hybridized carbons (Fsp3) is 0.571. The average Bonchev–Trinajstić information content (AvgIpc) is 3.08. The van der Waals surface area contributed by atoms with Crippen molar-refractivity contribution >= 4 is 0 Å². The van der Waals surface area contributed by atoms with E-state index in [0.29, 0.717) is 30.6 Å². The molecular weight excluding hydrogens is 256 g/mol. The van der Waals surface area contributed by atoms with Gasteiger partial charge in [-0.15, -0.1) is 10.2 Å².